The van der Waals surface area contributed by atoms with Crippen molar-refractivity contribution in [1.29, 1.82) is 0 Å². The van der Waals surface area contributed by atoms with Gasteiger partial charge in [-0.15, -0.1) is 0 Å². The number of hydrogen-bond acceptors (Lipinski definition) is 4. The third-order valence-electron chi connectivity index (χ3n) is 3.67. The smallest absolute Gasteiger partial charge is 0.274 e. The topological polar surface area (TPSA) is 75.3 Å². The largest absolute Gasteiger partial charge is 0.486 e. The van der Waals surface area contributed by atoms with Gasteiger partial charge in [0, 0.05) is 6.20 Å². The normalized spacial score (nSPS) is 14.5. The van der Waals surface area contributed by atoms with Crippen LogP contribution in [-0.2, 0) is 6.42 Å². The Morgan fingerprint density at radius 2 is 2.18 bits per heavy atom. The summed E-state index contributed by atoms with van der Waals surface area (Å²) >= 11 is 0. The zero-order chi connectivity index (χ0) is 15.5. The first-order valence-corrected chi connectivity index (χ1v) is 7.26. The Bertz CT molecular complexity index is 715. The molecule has 1 aromatic carbocycles. The van der Waals surface area contributed by atoms with E-state index in [1.54, 1.807) is 4.90 Å². The van der Waals surface area contributed by atoms with Crippen molar-refractivity contribution in [3.05, 3.63) is 58.3 Å². The predicted molar refractivity (Wildman–Crippen MR) is 81.0 cm³/mol. The molecule has 0 radical (unpaired) electrons. The highest BCUT2D eigenvalue weighted by Gasteiger charge is 2.33. The van der Waals surface area contributed by atoms with E-state index in [9.17, 15) is 9.59 Å². The van der Waals surface area contributed by atoms with Crippen LogP contribution in [0.1, 0.15) is 23.0 Å². The second kappa shape index (κ2) is 6.01. The van der Waals surface area contributed by atoms with Gasteiger partial charge >= 0.3 is 0 Å². The summed E-state index contributed by atoms with van der Waals surface area (Å²) < 4.78 is 5.94. The van der Waals surface area contributed by atoms with Crippen molar-refractivity contribution < 1.29 is 9.53 Å². The molecule has 22 heavy (non-hydrogen) atoms. The number of aromatic amines is 1. The van der Waals surface area contributed by atoms with Crippen molar-refractivity contribution in [2.75, 3.05) is 13.1 Å². The minimum atomic E-state index is -0.322. The highest BCUT2D eigenvalue weighted by Crippen LogP contribution is 2.23. The van der Waals surface area contributed by atoms with E-state index in [2.05, 4.69) is 16.9 Å². The molecule has 6 nitrogen and oxygen atoms in total. The van der Waals surface area contributed by atoms with Crippen LogP contribution < -0.4 is 10.3 Å². The van der Waals surface area contributed by atoms with E-state index in [0.717, 1.165) is 23.9 Å². The molecule has 2 aromatic rings. The van der Waals surface area contributed by atoms with Gasteiger partial charge in [-0.1, -0.05) is 25.1 Å². The highest BCUT2D eigenvalue weighted by molar-refractivity contribution is 5.92. The Morgan fingerprint density at radius 1 is 1.41 bits per heavy atom. The number of para-hydroxylation sites is 1. The fraction of sp³-hybridized carbons (Fsp3) is 0.312. The summed E-state index contributed by atoms with van der Waals surface area (Å²) in [6.45, 7) is 3.13. The van der Waals surface area contributed by atoms with Gasteiger partial charge in [0.15, 0.2) is 0 Å². The summed E-state index contributed by atoms with van der Waals surface area (Å²) in [5.74, 6) is 0.684. The molecule has 114 valence electrons. The van der Waals surface area contributed by atoms with E-state index in [0.29, 0.717) is 13.1 Å². The summed E-state index contributed by atoms with van der Waals surface area (Å²) in [4.78, 5) is 31.0. The second-order valence-corrected chi connectivity index (χ2v) is 5.21. The molecule has 1 fully saturated rings. The van der Waals surface area contributed by atoms with Gasteiger partial charge in [0.2, 0.25) is 0 Å². The van der Waals surface area contributed by atoms with Gasteiger partial charge < -0.3 is 14.6 Å². The molecule has 1 aromatic heterocycles. The molecule has 0 spiro atoms. The van der Waals surface area contributed by atoms with Crippen LogP contribution in [0.25, 0.3) is 0 Å². The summed E-state index contributed by atoms with van der Waals surface area (Å²) in [5.41, 5.74) is 1.08. The summed E-state index contributed by atoms with van der Waals surface area (Å²) in [7, 11) is 0. The van der Waals surface area contributed by atoms with Crippen LogP contribution in [0.2, 0.25) is 0 Å². The zero-order valence-electron chi connectivity index (χ0n) is 12.3. The SMILES string of the molecule is CCc1ccccc1OC1CN(C(=O)c2c[nH]c(=O)cn2)C1. The molecule has 6 heteroatoms. The van der Waals surface area contributed by atoms with Gasteiger partial charge in [0.1, 0.15) is 17.5 Å². The Hall–Kier alpha value is -2.63. The summed E-state index contributed by atoms with van der Waals surface area (Å²) in [5, 5.41) is 0. The quantitative estimate of drug-likeness (QED) is 0.921. The van der Waals surface area contributed by atoms with Crippen molar-refractivity contribution >= 4 is 5.91 Å². The lowest BCUT2D eigenvalue weighted by molar-refractivity contribution is 0.0170. The van der Waals surface area contributed by atoms with Crippen molar-refractivity contribution in [1.82, 2.24) is 14.9 Å². The number of ether oxygens (including phenoxy) is 1. The van der Waals surface area contributed by atoms with Crippen molar-refractivity contribution in [3.63, 3.8) is 0 Å². The maximum absolute atomic E-state index is 12.1. The minimum absolute atomic E-state index is 0.000545. The summed E-state index contributed by atoms with van der Waals surface area (Å²) in [6.07, 6.45) is 3.36. The van der Waals surface area contributed by atoms with E-state index in [4.69, 9.17) is 4.74 Å². The third kappa shape index (κ3) is 2.86. The first-order chi connectivity index (χ1) is 10.7. The van der Waals surface area contributed by atoms with Crippen molar-refractivity contribution in [2.45, 2.75) is 19.4 Å². The number of H-pyrrole nitrogens is 1. The molecule has 0 unspecified atom stereocenters. The molecule has 1 aliphatic heterocycles. The first-order valence-electron chi connectivity index (χ1n) is 7.26. The van der Waals surface area contributed by atoms with Gasteiger partial charge in [-0.3, -0.25) is 9.59 Å². The lowest BCUT2D eigenvalue weighted by Gasteiger charge is -2.39. The molecule has 1 amide bonds. The average molecular weight is 299 g/mol. The molecule has 3 rings (SSSR count). The van der Waals surface area contributed by atoms with Crippen LogP contribution in [0, 0.1) is 0 Å². The van der Waals surface area contributed by atoms with Crippen LogP contribution in [0.5, 0.6) is 5.75 Å². The minimum Gasteiger partial charge on any atom is -0.486 e. The number of benzene rings is 1. The van der Waals surface area contributed by atoms with E-state index >= 15 is 0 Å². The lowest BCUT2D eigenvalue weighted by atomic mass is 10.1. The number of aromatic nitrogens is 2. The Labute approximate surface area is 127 Å². The van der Waals surface area contributed by atoms with Crippen LogP contribution in [0.3, 0.4) is 0 Å². The number of aryl methyl sites for hydroxylation is 1. The Kier molecular flexibility index (Phi) is 3.91. The molecule has 1 aliphatic rings. The molecule has 2 heterocycles. The molecule has 0 atom stereocenters. The number of rotatable bonds is 4. The van der Waals surface area contributed by atoms with Crippen LogP contribution in [0.15, 0.2) is 41.5 Å². The predicted octanol–water partition coefficient (Wildman–Crippen LogP) is 1.24. The van der Waals surface area contributed by atoms with Crippen LogP contribution >= 0.6 is 0 Å². The maximum atomic E-state index is 12.1. The number of nitrogens with zero attached hydrogens (tertiary/aromatic N) is 2. The van der Waals surface area contributed by atoms with Gasteiger partial charge in [0.05, 0.1) is 19.3 Å². The number of likely N-dealkylation sites (tertiary alicyclic amines) is 1. The van der Waals surface area contributed by atoms with Crippen molar-refractivity contribution in [3.8, 4) is 5.75 Å². The van der Waals surface area contributed by atoms with E-state index < -0.39 is 0 Å². The number of amides is 1. The molecular weight excluding hydrogens is 282 g/mol. The molecule has 0 bridgehead atoms. The average Bonchev–Trinajstić information content (AvgIpc) is 2.51. The number of nitrogens with one attached hydrogen (secondary N) is 1. The van der Waals surface area contributed by atoms with E-state index in [1.165, 1.54) is 6.20 Å². The van der Waals surface area contributed by atoms with E-state index in [1.807, 2.05) is 24.3 Å². The Morgan fingerprint density at radius 3 is 2.86 bits per heavy atom. The molecule has 0 saturated carbocycles. The fourth-order valence-electron chi connectivity index (χ4n) is 2.39. The van der Waals surface area contributed by atoms with E-state index in [-0.39, 0.29) is 23.3 Å². The van der Waals surface area contributed by atoms with Gasteiger partial charge in [0.25, 0.3) is 11.5 Å². The lowest BCUT2D eigenvalue weighted by Crippen LogP contribution is -2.56. The monoisotopic (exact) mass is 299 g/mol. The Balaban J connectivity index is 1.59. The van der Waals surface area contributed by atoms with Crippen LogP contribution in [-0.4, -0.2) is 40.0 Å². The van der Waals surface area contributed by atoms with Gasteiger partial charge in [-0.2, -0.15) is 0 Å². The standard InChI is InChI=1S/C16H17N3O3/c1-2-11-5-3-4-6-14(11)22-12-9-19(10-12)16(21)13-7-18-15(20)8-17-13/h3-8,12H,2,9-10H2,1H3,(H,18,20). The fourth-order valence-corrected chi connectivity index (χ4v) is 2.39. The maximum Gasteiger partial charge on any atom is 0.274 e. The second-order valence-electron chi connectivity index (χ2n) is 5.21. The zero-order valence-corrected chi connectivity index (χ0v) is 12.3. The molecule has 1 N–H and O–H groups in total. The molecule has 1 saturated heterocycles. The number of carbonyl (C=O) groups excluding carboxylic acids is 1. The van der Waals surface area contributed by atoms with Gasteiger partial charge in [-0.05, 0) is 18.1 Å². The highest BCUT2D eigenvalue weighted by atomic mass is 16.5. The van der Waals surface area contributed by atoms with Crippen molar-refractivity contribution in [2.24, 2.45) is 0 Å². The number of carbonyl (C=O) groups is 1. The van der Waals surface area contributed by atoms with Gasteiger partial charge in [-0.25, -0.2) is 4.98 Å². The summed E-state index contributed by atoms with van der Waals surface area (Å²) in [6, 6.07) is 7.93. The third-order valence-corrected chi connectivity index (χ3v) is 3.67. The molecular formula is C16H17N3O3. The molecule has 0 aliphatic carbocycles. The number of hydrogen-bond donors (Lipinski definition) is 1. The first kappa shape index (κ1) is 14.3. The van der Waals surface area contributed by atoms with Crippen LogP contribution in [0.4, 0.5) is 0 Å².